The Balaban J connectivity index is 1.86. The van der Waals surface area contributed by atoms with E-state index < -0.39 is 11.8 Å². The molecule has 0 bridgehead atoms. The molecule has 0 aromatic heterocycles. The molecule has 1 aliphatic heterocycles. The van der Waals surface area contributed by atoms with Gasteiger partial charge in [-0.2, -0.15) is 0 Å². The zero-order valence-electron chi connectivity index (χ0n) is 17.7. The molecule has 0 radical (unpaired) electrons. The normalized spacial score (nSPS) is 16.1. The van der Waals surface area contributed by atoms with Crippen molar-refractivity contribution in [3.05, 3.63) is 90.0 Å². The molecule has 4 rings (SSSR count). The summed E-state index contributed by atoms with van der Waals surface area (Å²) in [6, 6.07) is 25.9. The molecule has 1 aliphatic rings. The monoisotopic (exact) mass is 402 g/mol. The number of fused-ring (bicyclic) bond motifs is 1. The van der Waals surface area contributed by atoms with Crippen LogP contribution in [0, 0.1) is 0 Å². The number of hydrogen-bond donors (Lipinski definition) is 0. The molecule has 5 heteroatoms. The van der Waals surface area contributed by atoms with Crippen molar-refractivity contribution >= 4 is 17.2 Å². The Kier molecular flexibility index (Phi) is 5.57. The fourth-order valence-electron chi connectivity index (χ4n) is 3.29. The van der Waals surface area contributed by atoms with Crippen molar-refractivity contribution in [2.75, 3.05) is 12.0 Å². The molecule has 0 saturated heterocycles. The van der Waals surface area contributed by atoms with E-state index in [4.69, 9.17) is 19.5 Å². The summed E-state index contributed by atoms with van der Waals surface area (Å²) >= 11 is 0. The quantitative estimate of drug-likeness (QED) is 0.385. The second-order valence-corrected chi connectivity index (χ2v) is 8.07. The van der Waals surface area contributed by atoms with Crippen LogP contribution in [0.4, 0.5) is 11.4 Å². The lowest BCUT2D eigenvalue weighted by Crippen LogP contribution is -2.40. The number of benzene rings is 3. The predicted molar refractivity (Wildman–Crippen MR) is 119 cm³/mol. The molecule has 0 N–H and O–H groups in total. The summed E-state index contributed by atoms with van der Waals surface area (Å²) in [5.41, 5.74) is 3.27. The summed E-state index contributed by atoms with van der Waals surface area (Å²) in [5, 5.41) is 0. The minimum Gasteiger partial charge on any atom is -0.497 e. The van der Waals surface area contributed by atoms with Gasteiger partial charge in [0.2, 0.25) is 0 Å². The number of nitrogens with zero attached hydrogens (tertiary/aromatic N) is 2. The van der Waals surface area contributed by atoms with Crippen LogP contribution in [0.25, 0.3) is 0 Å². The summed E-state index contributed by atoms with van der Waals surface area (Å²) in [5.74, 6) is 1.58. The molecule has 1 heterocycles. The molecule has 0 fully saturated rings. The first-order valence-electron chi connectivity index (χ1n) is 9.97. The highest BCUT2D eigenvalue weighted by Gasteiger charge is 2.34. The highest BCUT2D eigenvalue weighted by Crippen LogP contribution is 2.40. The fraction of sp³-hybridized carbons (Fsp3) is 0.240. The van der Waals surface area contributed by atoms with Gasteiger partial charge in [0.05, 0.1) is 18.4 Å². The van der Waals surface area contributed by atoms with Crippen LogP contribution < -0.4 is 9.64 Å². The molecule has 0 aliphatic carbocycles. The third-order valence-corrected chi connectivity index (χ3v) is 4.66. The van der Waals surface area contributed by atoms with Gasteiger partial charge in [-0.1, -0.05) is 48.5 Å². The maximum Gasteiger partial charge on any atom is 0.198 e. The van der Waals surface area contributed by atoms with Gasteiger partial charge in [0.25, 0.3) is 0 Å². The third-order valence-electron chi connectivity index (χ3n) is 4.66. The van der Waals surface area contributed by atoms with Gasteiger partial charge in [-0.15, -0.1) is 0 Å². The van der Waals surface area contributed by atoms with Crippen LogP contribution in [0.1, 0.15) is 38.1 Å². The van der Waals surface area contributed by atoms with E-state index in [2.05, 4.69) is 4.90 Å². The first kappa shape index (κ1) is 20.1. The van der Waals surface area contributed by atoms with Crippen LogP contribution in [-0.4, -0.2) is 18.5 Å². The van der Waals surface area contributed by atoms with Gasteiger partial charge in [0, 0.05) is 16.8 Å². The SMILES string of the molecule is COc1ccc(N2C(c3ccccc3)=Nc3ccccc3C2OOC(C)(C)C)cc1. The maximum absolute atomic E-state index is 6.06. The Labute approximate surface area is 177 Å². The molecule has 30 heavy (non-hydrogen) atoms. The molecule has 1 atom stereocenters. The maximum atomic E-state index is 6.06. The van der Waals surface area contributed by atoms with Crippen molar-refractivity contribution in [2.24, 2.45) is 4.99 Å². The van der Waals surface area contributed by atoms with E-state index in [1.807, 2.05) is 99.6 Å². The summed E-state index contributed by atoms with van der Waals surface area (Å²) < 4.78 is 5.34. The van der Waals surface area contributed by atoms with Gasteiger partial charge < -0.3 is 4.74 Å². The number of para-hydroxylation sites is 1. The minimum absolute atomic E-state index is 0.456. The van der Waals surface area contributed by atoms with Crippen LogP contribution in [0.2, 0.25) is 0 Å². The molecule has 3 aromatic carbocycles. The fourth-order valence-corrected chi connectivity index (χ4v) is 3.29. The molecular weight excluding hydrogens is 376 g/mol. The number of anilines is 1. The number of methoxy groups -OCH3 is 1. The zero-order valence-corrected chi connectivity index (χ0v) is 17.7. The molecule has 5 nitrogen and oxygen atoms in total. The number of rotatable bonds is 5. The Morgan fingerprint density at radius 2 is 1.50 bits per heavy atom. The van der Waals surface area contributed by atoms with Crippen molar-refractivity contribution < 1.29 is 14.5 Å². The van der Waals surface area contributed by atoms with Crippen LogP contribution in [-0.2, 0) is 9.78 Å². The number of aliphatic imine (C=N–C) groups is 1. The summed E-state index contributed by atoms with van der Waals surface area (Å²) in [6.07, 6.45) is -0.499. The Hall–Kier alpha value is -3.15. The van der Waals surface area contributed by atoms with Gasteiger partial charge >= 0.3 is 0 Å². The van der Waals surface area contributed by atoms with Crippen LogP contribution in [0.15, 0.2) is 83.9 Å². The number of ether oxygens (including phenoxy) is 1. The number of hydrogen-bond acceptors (Lipinski definition) is 5. The standard InChI is InChI=1S/C25H26N2O3/c1-25(2,3)30-29-24-21-12-8-9-13-22(21)26-23(18-10-6-5-7-11-18)27(24)19-14-16-20(28-4)17-15-19/h5-17,24H,1-4H3. The Bertz CT molecular complexity index is 1020. The van der Waals surface area contributed by atoms with Crippen molar-refractivity contribution in [1.29, 1.82) is 0 Å². The van der Waals surface area contributed by atoms with Crippen molar-refractivity contribution in [2.45, 2.75) is 32.6 Å². The molecule has 0 amide bonds. The summed E-state index contributed by atoms with van der Waals surface area (Å²) in [4.78, 5) is 18.9. The highest BCUT2D eigenvalue weighted by atomic mass is 17.2. The average molecular weight is 402 g/mol. The second-order valence-electron chi connectivity index (χ2n) is 8.07. The molecule has 0 spiro atoms. The largest absolute Gasteiger partial charge is 0.497 e. The van der Waals surface area contributed by atoms with E-state index in [0.29, 0.717) is 0 Å². The van der Waals surface area contributed by atoms with Crippen molar-refractivity contribution in [1.82, 2.24) is 0 Å². The summed E-state index contributed by atoms with van der Waals surface area (Å²) in [7, 11) is 1.66. The number of amidine groups is 1. The lowest BCUT2D eigenvalue weighted by atomic mass is 10.0. The van der Waals surface area contributed by atoms with Gasteiger partial charge in [-0.25, -0.2) is 14.8 Å². The highest BCUT2D eigenvalue weighted by molar-refractivity contribution is 6.12. The van der Waals surface area contributed by atoms with Gasteiger partial charge in [0.1, 0.15) is 11.6 Å². The van der Waals surface area contributed by atoms with Crippen molar-refractivity contribution in [3.63, 3.8) is 0 Å². The van der Waals surface area contributed by atoms with Crippen LogP contribution in [0.5, 0.6) is 5.75 Å². The lowest BCUT2D eigenvalue weighted by molar-refractivity contribution is -0.374. The van der Waals surface area contributed by atoms with Gasteiger partial charge in [-0.3, -0.25) is 4.90 Å². The minimum atomic E-state index is -0.499. The molecule has 1 unspecified atom stereocenters. The van der Waals surface area contributed by atoms with E-state index >= 15 is 0 Å². The Morgan fingerprint density at radius 1 is 0.833 bits per heavy atom. The van der Waals surface area contributed by atoms with Gasteiger partial charge in [0.15, 0.2) is 6.23 Å². The zero-order chi connectivity index (χ0) is 21.1. The molecular formula is C25H26N2O3. The van der Waals surface area contributed by atoms with E-state index in [1.54, 1.807) is 7.11 Å². The average Bonchev–Trinajstić information content (AvgIpc) is 2.77. The first-order chi connectivity index (χ1) is 14.5. The van der Waals surface area contributed by atoms with Crippen LogP contribution >= 0.6 is 0 Å². The molecule has 0 saturated carbocycles. The predicted octanol–water partition coefficient (Wildman–Crippen LogP) is 6.04. The lowest BCUT2D eigenvalue weighted by Gasteiger charge is -2.38. The van der Waals surface area contributed by atoms with Crippen LogP contribution in [0.3, 0.4) is 0 Å². The van der Waals surface area contributed by atoms with E-state index in [0.717, 1.165) is 34.1 Å². The topological polar surface area (TPSA) is 43.3 Å². The first-order valence-corrected chi connectivity index (χ1v) is 9.97. The Morgan fingerprint density at radius 3 is 2.17 bits per heavy atom. The molecule has 3 aromatic rings. The summed E-state index contributed by atoms with van der Waals surface area (Å²) in [6.45, 7) is 5.89. The molecule has 154 valence electrons. The third kappa shape index (κ3) is 4.22. The smallest absolute Gasteiger partial charge is 0.198 e. The van der Waals surface area contributed by atoms with Crippen molar-refractivity contribution in [3.8, 4) is 5.75 Å². The van der Waals surface area contributed by atoms with Gasteiger partial charge in [-0.05, 0) is 51.1 Å². The van der Waals surface area contributed by atoms with E-state index in [-0.39, 0.29) is 0 Å². The van der Waals surface area contributed by atoms with E-state index in [1.165, 1.54) is 0 Å². The second kappa shape index (κ2) is 8.30. The van der Waals surface area contributed by atoms with E-state index in [9.17, 15) is 0 Å².